The highest BCUT2D eigenvalue weighted by Crippen LogP contribution is 2.32. The number of ether oxygens (including phenoxy) is 2. The number of amidine groups is 1. The van der Waals surface area contributed by atoms with Crippen LogP contribution in [-0.2, 0) is 4.84 Å². The molecule has 0 fully saturated rings. The molecule has 2 N–H and O–H groups in total. The summed E-state index contributed by atoms with van der Waals surface area (Å²) in [6.07, 6.45) is 0. The van der Waals surface area contributed by atoms with E-state index in [0.717, 1.165) is 0 Å². The highest BCUT2D eigenvalue weighted by atomic mass is 16.7. The van der Waals surface area contributed by atoms with Crippen LogP contribution in [0, 0.1) is 0 Å². The summed E-state index contributed by atoms with van der Waals surface area (Å²) in [5, 5.41) is 3.64. The van der Waals surface area contributed by atoms with Crippen LogP contribution in [0.2, 0.25) is 0 Å². The Labute approximate surface area is 120 Å². The monoisotopic (exact) mass is 284 g/mol. The normalized spacial score (nSPS) is 13.0. The molecule has 6 heteroatoms. The summed E-state index contributed by atoms with van der Waals surface area (Å²) in [5.41, 5.74) is 6.73. The average molecular weight is 284 g/mol. The third kappa shape index (κ3) is 2.79. The first-order chi connectivity index (χ1) is 10.2. The van der Waals surface area contributed by atoms with Crippen molar-refractivity contribution in [2.24, 2.45) is 10.9 Å². The zero-order valence-corrected chi connectivity index (χ0v) is 11.0. The summed E-state index contributed by atoms with van der Waals surface area (Å²) >= 11 is 0. The molecule has 0 aromatic heterocycles. The van der Waals surface area contributed by atoms with Crippen LogP contribution in [0.1, 0.15) is 15.9 Å². The zero-order chi connectivity index (χ0) is 14.7. The molecule has 0 saturated carbocycles. The van der Waals surface area contributed by atoms with Gasteiger partial charge >= 0.3 is 5.97 Å². The van der Waals surface area contributed by atoms with Crippen molar-refractivity contribution in [3.63, 3.8) is 0 Å². The van der Waals surface area contributed by atoms with Gasteiger partial charge in [-0.25, -0.2) is 4.79 Å². The molecule has 21 heavy (non-hydrogen) atoms. The second-order valence-corrected chi connectivity index (χ2v) is 4.29. The lowest BCUT2D eigenvalue weighted by Crippen LogP contribution is -2.15. The molecule has 2 aromatic rings. The summed E-state index contributed by atoms with van der Waals surface area (Å²) in [7, 11) is 0. The van der Waals surface area contributed by atoms with Crippen LogP contribution in [0.25, 0.3) is 0 Å². The second-order valence-electron chi connectivity index (χ2n) is 4.29. The summed E-state index contributed by atoms with van der Waals surface area (Å²) in [5.74, 6) is 0.611. The predicted octanol–water partition coefficient (Wildman–Crippen LogP) is 1.89. The quantitative estimate of drug-likeness (QED) is 0.403. The summed E-state index contributed by atoms with van der Waals surface area (Å²) in [6, 6.07) is 13.8. The van der Waals surface area contributed by atoms with Crippen molar-refractivity contribution < 1.29 is 19.1 Å². The minimum Gasteiger partial charge on any atom is -0.454 e. The molecule has 2 aromatic carbocycles. The molecule has 0 spiro atoms. The summed E-state index contributed by atoms with van der Waals surface area (Å²) in [6.45, 7) is 0.146. The van der Waals surface area contributed by atoms with Gasteiger partial charge in [-0.1, -0.05) is 35.5 Å². The molecule has 0 unspecified atom stereocenters. The summed E-state index contributed by atoms with van der Waals surface area (Å²) < 4.78 is 10.4. The standard InChI is InChI=1S/C15H12N2O4/c16-14(10-4-2-1-3-5-10)17-21-15(18)11-6-7-12-13(8-11)20-9-19-12/h1-8H,9H2,(H2,16,17). The Morgan fingerprint density at radius 1 is 1.05 bits per heavy atom. The number of hydrogen-bond donors (Lipinski definition) is 1. The van der Waals surface area contributed by atoms with E-state index in [4.69, 9.17) is 20.0 Å². The fraction of sp³-hybridized carbons (Fsp3) is 0.0667. The van der Waals surface area contributed by atoms with Crippen LogP contribution in [0.5, 0.6) is 11.5 Å². The van der Waals surface area contributed by atoms with Crippen LogP contribution in [0.15, 0.2) is 53.7 Å². The average Bonchev–Trinajstić information content (AvgIpc) is 3.00. The molecule has 0 radical (unpaired) electrons. The van der Waals surface area contributed by atoms with Crippen molar-refractivity contribution in [3.8, 4) is 11.5 Å². The van der Waals surface area contributed by atoms with Gasteiger partial charge in [0.25, 0.3) is 0 Å². The third-order valence-corrected chi connectivity index (χ3v) is 2.90. The van der Waals surface area contributed by atoms with E-state index in [1.807, 2.05) is 18.2 Å². The van der Waals surface area contributed by atoms with E-state index in [-0.39, 0.29) is 12.6 Å². The number of rotatable bonds is 3. The van der Waals surface area contributed by atoms with Crippen molar-refractivity contribution in [2.45, 2.75) is 0 Å². The number of hydrogen-bond acceptors (Lipinski definition) is 5. The summed E-state index contributed by atoms with van der Waals surface area (Å²) in [4.78, 5) is 16.7. The second kappa shape index (κ2) is 5.54. The minimum absolute atomic E-state index is 0.129. The Balaban J connectivity index is 1.72. The molecule has 3 rings (SSSR count). The Kier molecular flexibility index (Phi) is 3.42. The maximum absolute atomic E-state index is 11.9. The van der Waals surface area contributed by atoms with Crippen LogP contribution < -0.4 is 15.2 Å². The number of benzene rings is 2. The van der Waals surface area contributed by atoms with Gasteiger partial charge in [0, 0.05) is 5.56 Å². The van der Waals surface area contributed by atoms with Gasteiger partial charge in [0.05, 0.1) is 5.56 Å². The topological polar surface area (TPSA) is 83.1 Å². The van der Waals surface area contributed by atoms with Crippen molar-refractivity contribution in [2.75, 3.05) is 6.79 Å². The van der Waals surface area contributed by atoms with E-state index in [9.17, 15) is 4.79 Å². The number of carbonyl (C=O) groups excluding carboxylic acids is 1. The van der Waals surface area contributed by atoms with E-state index in [1.165, 1.54) is 0 Å². The fourth-order valence-electron chi connectivity index (χ4n) is 1.83. The first kappa shape index (κ1) is 13.0. The smallest absolute Gasteiger partial charge is 0.365 e. The first-order valence-electron chi connectivity index (χ1n) is 6.24. The lowest BCUT2D eigenvalue weighted by atomic mass is 10.2. The van der Waals surface area contributed by atoms with Crippen molar-refractivity contribution in [1.29, 1.82) is 0 Å². The lowest BCUT2D eigenvalue weighted by Gasteiger charge is -2.02. The SMILES string of the molecule is N/C(=N\OC(=O)c1ccc2c(c1)OCO2)c1ccccc1. The molecule has 1 aliphatic rings. The zero-order valence-electron chi connectivity index (χ0n) is 11.0. The Morgan fingerprint density at radius 2 is 1.81 bits per heavy atom. The van der Waals surface area contributed by atoms with Gasteiger partial charge in [-0.2, -0.15) is 0 Å². The molecule has 0 bridgehead atoms. The molecule has 6 nitrogen and oxygen atoms in total. The van der Waals surface area contributed by atoms with E-state index in [1.54, 1.807) is 30.3 Å². The van der Waals surface area contributed by atoms with Crippen LogP contribution in [0.4, 0.5) is 0 Å². The number of nitrogens with two attached hydrogens (primary N) is 1. The largest absolute Gasteiger partial charge is 0.454 e. The number of oxime groups is 1. The molecule has 106 valence electrons. The fourth-order valence-corrected chi connectivity index (χ4v) is 1.83. The maximum Gasteiger partial charge on any atom is 0.365 e. The van der Waals surface area contributed by atoms with Crippen molar-refractivity contribution in [3.05, 3.63) is 59.7 Å². The molecular formula is C15H12N2O4. The molecule has 1 aliphatic heterocycles. The molecule has 0 aliphatic carbocycles. The Bertz CT molecular complexity index is 698. The van der Waals surface area contributed by atoms with E-state index in [0.29, 0.717) is 22.6 Å². The van der Waals surface area contributed by atoms with Gasteiger partial charge in [0.1, 0.15) is 0 Å². The van der Waals surface area contributed by atoms with Crippen LogP contribution in [0.3, 0.4) is 0 Å². The molecule has 0 atom stereocenters. The first-order valence-corrected chi connectivity index (χ1v) is 6.24. The molecule has 0 amide bonds. The highest BCUT2D eigenvalue weighted by Gasteiger charge is 2.17. The highest BCUT2D eigenvalue weighted by molar-refractivity contribution is 5.98. The number of carbonyl (C=O) groups is 1. The predicted molar refractivity (Wildman–Crippen MR) is 75.1 cm³/mol. The van der Waals surface area contributed by atoms with E-state index >= 15 is 0 Å². The van der Waals surface area contributed by atoms with Gasteiger partial charge < -0.3 is 20.0 Å². The maximum atomic E-state index is 11.9. The minimum atomic E-state index is -0.618. The third-order valence-electron chi connectivity index (χ3n) is 2.90. The molecule has 0 saturated heterocycles. The van der Waals surface area contributed by atoms with Gasteiger partial charge in [-0.15, -0.1) is 0 Å². The van der Waals surface area contributed by atoms with Gasteiger partial charge in [0.2, 0.25) is 6.79 Å². The molecular weight excluding hydrogens is 272 g/mol. The van der Waals surface area contributed by atoms with E-state index < -0.39 is 5.97 Å². The van der Waals surface area contributed by atoms with Crippen LogP contribution >= 0.6 is 0 Å². The number of nitrogens with zero attached hydrogens (tertiary/aromatic N) is 1. The molecule has 1 heterocycles. The Morgan fingerprint density at radius 3 is 2.62 bits per heavy atom. The van der Waals surface area contributed by atoms with Gasteiger partial charge in [0.15, 0.2) is 17.3 Å². The van der Waals surface area contributed by atoms with Gasteiger partial charge in [-0.3, -0.25) is 0 Å². The van der Waals surface area contributed by atoms with Crippen molar-refractivity contribution in [1.82, 2.24) is 0 Å². The van der Waals surface area contributed by atoms with E-state index in [2.05, 4.69) is 5.16 Å². The number of fused-ring (bicyclic) bond motifs is 1. The lowest BCUT2D eigenvalue weighted by molar-refractivity contribution is 0.0515. The van der Waals surface area contributed by atoms with Crippen LogP contribution in [-0.4, -0.2) is 18.6 Å². The van der Waals surface area contributed by atoms with Gasteiger partial charge in [-0.05, 0) is 18.2 Å². The Hall–Kier alpha value is -3.02. The van der Waals surface area contributed by atoms with Crippen molar-refractivity contribution >= 4 is 11.8 Å².